The molecular formula is C25H28N2O6S2. The van der Waals surface area contributed by atoms with Crippen molar-refractivity contribution in [3.05, 3.63) is 83.9 Å². The molecule has 35 heavy (non-hydrogen) atoms. The summed E-state index contributed by atoms with van der Waals surface area (Å²) in [6.45, 7) is 4.03. The van der Waals surface area contributed by atoms with E-state index in [1.165, 1.54) is 28.6 Å². The Bertz CT molecular complexity index is 1380. The number of benzene rings is 3. The number of hydrogen-bond acceptors (Lipinski definition) is 6. The highest BCUT2D eigenvalue weighted by Crippen LogP contribution is 2.33. The molecule has 4 rings (SSSR count). The number of ether oxygens (including phenoxy) is 2. The standard InChI is InChI=1S/C25H28N2O6S2/c1-3-19(2)26-34(28,29)22-10-12-23(13-11-22)35(30,31)27(16-20-7-5-4-6-8-20)17-21-9-14-24-25(15-21)33-18-32-24/h4-15,19,26H,3,16-18H2,1-2H3/t19-/m0/s1. The van der Waals surface area contributed by atoms with Gasteiger partial charge in [0.05, 0.1) is 9.79 Å². The molecule has 186 valence electrons. The fourth-order valence-electron chi connectivity index (χ4n) is 3.61. The molecule has 1 aliphatic heterocycles. The number of nitrogens with zero attached hydrogens (tertiary/aromatic N) is 1. The van der Waals surface area contributed by atoms with Gasteiger partial charge in [-0.05, 0) is 60.9 Å². The molecule has 3 aromatic carbocycles. The molecular weight excluding hydrogens is 488 g/mol. The van der Waals surface area contributed by atoms with Crippen molar-refractivity contribution in [3.8, 4) is 11.5 Å². The number of nitrogens with one attached hydrogen (secondary N) is 1. The van der Waals surface area contributed by atoms with Crippen LogP contribution in [0.2, 0.25) is 0 Å². The van der Waals surface area contributed by atoms with Gasteiger partial charge in [-0.1, -0.05) is 43.3 Å². The highest BCUT2D eigenvalue weighted by atomic mass is 32.2. The Morgan fingerprint density at radius 1 is 0.829 bits per heavy atom. The van der Waals surface area contributed by atoms with Crippen LogP contribution in [0, 0.1) is 0 Å². The molecule has 1 heterocycles. The fraction of sp³-hybridized carbons (Fsp3) is 0.280. The minimum Gasteiger partial charge on any atom is -0.454 e. The van der Waals surface area contributed by atoms with Crippen LogP contribution < -0.4 is 14.2 Å². The highest BCUT2D eigenvalue weighted by Gasteiger charge is 2.27. The van der Waals surface area contributed by atoms with Gasteiger partial charge < -0.3 is 9.47 Å². The van der Waals surface area contributed by atoms with Crippen LogP contribution in [-0.4, -0.2) is 34.0 Å². The second-order valence-electron chi connectivity index (χ2n) is 8.35. The van der Waals surface area contributed by atoms with Crippen LogP contribution >= 0.6 is 0 Å². The summed E-state index contributed by atoms with van der Waals surface area (Å²) in [5, 5.41) is 0. The molecule has 0 fully saturated rings. The maximum Gasteiger partial charge on any atom is 0.243 e. The first-order valence-corrected chi connectivity index (χ1v) is 14.2. The summed E-state index contributed by atoms with van der Waals surface area (Å²) in [5.41, 5.74) is 1.57. The fourth-order valence-corrected chi connectivity index (χ4v) is 6.36. The summed E-state index contributed by atoms with van der Waals surface area (Å²) in [5.74, 6) is 1.19. The van der Waals surface area contributed by atoms with E-state index in [9.17, 15) is 16.8 Å². The van der Waals surface area contributed by atoms with Gasteiger partial charge in [0.2, 0.25) is 26.8 Å². The summed E-state index contributed by atoms with van der Waals surface area (Å²) >= 11 is 0. The monoisotopic (exact) mass is 516 g/mol. The molecule has 10 heteroatoms. The Kier molecular flexibility index (Phi) is 7.46. The van der Waals surface area contributed by atoms with Crippen molar-refractivity contribution < 1.29 is 26.3 Å². The van der Waals surface area contributed by atoms with Gasteiger partial charge in [-0.15, -0.1) is 0 Å². The summed E-state index contributed by atoms with van der Waals surface area (Å²) in [4.78, 5) is 0.0267. The third-order valence-electron chi connectivity index (χ3n) is 5.74. The third kappa shape index (κ3) is 5.84. The summed E-state index contributed by atoms with van der Waals surface area (Å²) < 4.78 is 67.2. The Balaban J connectivity index is 1.64. The number of rotatable bonds is 10. The van der Waals surface area contributed by atoms with Crippen molar-refractivity contribution in [1.29, 1.82) is 0 Å². The lowest BCUT2D eigenvalue weighted by molar-refractivity contribution is 0.174. The highest BCUT2D eigenvalue weighted by molar-refractivity contribution is 7.89. The number of hydrogen-bond donors (Lipinski definition) is 1. The van der Waals surface area contributed by atoms with Gasteiger partial charge >= 0.3 is 0 Å². The minimum absolute atomic E-state index is 0.0108. The summed E-state index contributed by atoms with van der Waals surface area (Å²) in [6, 6.07) is 19.7. The van der Waals surface area contributed by atoms with E-state index < -0.39 is 20.0 Å². The van der Waals surface area contributed by atoms with Gasteiger partial charge in [0.25, 0.3) is 0 Å². The predicted octanol–water partition coefficient (Wildman–Crippen LogP) is 3.88. The van der Waals surface area contributed by atoms with E-state index in [0.29, 0.717) is 17.9 Å². The second-order valence-corrected chi connectivity index (χ2v) is 12.0. The molecule has 3 aromatic rings. The third-order valence-corrected chi connectivity index (χ3v) is 9.15. The van der Waals surface area contributed by atoms with Crippen molar-refractivity contribution in [2.24, 2.45) is 0 Å². The molecule has 0 aromatic heterocycles. The maximum atomic E-state index is 13.7. The van der Waals surface area contributed by atoms with Crippen molar-refractivity contribution >= 4 is 20.0 Å². The van der Waals surface area contributed by atoms with E-state index in [0.717, 1.165) is 11.1 Å². The first-order valence-electron chi connectivity index (χ1n) is 11.2. The van der Waals surface area contributed by atoms with Crippen LogP contribution in [0.15, 0.2) is 82.6 Å². The van der Waals surface area contributed by atoms with Crippen LogP contribution in [0.25, 0.3) is 0 Å². The second kappa shape index (κ2) is 10.4. The van der Waals surface area contributed by atoms with E-state index in [4.69, 9.17) is 9.47 Å². The molecule has 0 unspecified atom stereocenters. The van der Waals surface area contributed by atoms with Crippen LogP contribution in [0.3, 0.4) is 0 Å². The van der Waals surface area contributed by atoms with E-state index in [1.807, 2.05) is 37.3 Å². The maximum absolute atomic E-state index is 13.7. The quantitative estimate of drug-likeness (QED) is 0.439. The first kappa shape index (κ1) is 25.2. The zero-order valence-corrected chi connectivity index (χ0v) is 21.2. The molecule has 1 aliphatic rings. The molecule has 0 radical (unpaired) electrons. The topological polar surface area (TPSA) is 102 Å². The molecule has 1 atom stereocenters. The van der Waals surface area contributed by atoms with Crippen molar-refractivity contribution in [3.63, 3.8) is 0 Å². The lowest BCUT2D eigenvalue weighted by Crippen LogP contribution is -2.32. The van der Waals surface area contributed by atoms with Crippen LogP contribution in [0.4, 0.5) is 0 Å². The van der Waals surface area contributed by atoms with E-state index >= 15 is 0 Å². The van der Waals surface area contributed by atoms with Gasteiger partial charge in [-0.3, -0.25) is 0 Å². The van der Waals surface area contributed by atoms with E-state index in [1.54, 1.807) is 25.1 Å². The largest absolute Gasteiger partial charge is 0.454 e. The number of fused-ring (bicyclic) bond motifs is 1. The SMILES string of the molecule is CC[C@H](C)NS(=O)(=O)c1ccc(S(=O)(=O)N(Cc2ccccc2)Cc2ccc3c(c2)OCO3)cc1. The number of sulfonamides is 2. The Hall–Kier alpha value is -2.92. The van der Waals surface area contributed by atoms with Crippen molar-refractivity contribution in [2.75, 3.05) is 6.79 Å². The van der Waals surface area contributed by atoms with E-state index in [2.05, 4.69) is 4.72 Å². The molecule has 0 aliphatic carbocycles. The van der Waals surface area contributed by atoms with E-state index in [-0.39, 0.29) is 35.7 Å². The Labute approximate surface area is 206 Å². The normalized spacial score (nSPS) is 14.3. The molecule has 0 spiro atoms. The van der Waals surface area contributed by atoms with Gasteiger partial charge in [-0.2, -0.15) is 4.31 Å². The Morgan fingerprint density at radius 2 is 1.46 bits per heavy atom. The van der Waals surface area contributed by atoms with Crippen LogP contribution in [0.1, 0.15) is 31.4 Å². The molecule has 0 saturated carbocycles. The summed E-state index contributed by atoms with van der Waals surface area (Å²) in [7, 11) is -7.70. The van der Waals surface area contributed by atoms with Gasteiger partial charge in [0, 0.05) is 19.1 Å². The van der Waals surface area contributed by atoms with Crippen LogP contribution in [-0.2, 0) is 33.1 Å². The zero-order chi connectivity index (χ0) is 25.1. The average Bonchev–Trinajstić information content (AvgIpc) is 3.32. The molecule has 8 nitrogen and oxygen atoms in total. The average molecular weight is 517 g/mol. The Morgan fingerprint density at radius 3 is 2.14 bits per heavy atom. The predicted molar refractivity (Wildman–Crippen MR) is 132 cm³/mol. The molecule has 0 amide bonds. The first-order chi connectivity index (χ1) is 16.7. The van der Waals surface area contributed by atoms with Crippen molar-refractivity contribution in [1.82, 2.24) is 9.03 Å². The lowest BCUT2D eigenvalue weighted by Gasteiger charge is -2.23. The lowest BCUT2D eigenvalue weighted by atomic mass is 10.2. The minimum atomic E-state index is -3.96. The molecule has 1 N–H and O–H groups in total. The van der Waals surface area contributed by atoms with Gasteiger partial charge in [0.1, 0.15) is 0 Å². The van der Waals surface area contributed by atoms with Gasteiger partial charge in [-0.25, -0.2) is 21.6 Å². The molecule has 0 saturated heterocycles. The van der Waals surface area contributed by atoms with Gasteiger partial charge in [0.15, 0.2) is 11.5 Å². The van der Waals surface area contributed by atoms with Crippen LogP contribution in [0.5, 0.6) is 11.5 Å². The van der Waals surface area contributed by atoms with Crippen molar-refractivity contribution in [2.45, 2.75) is 49.2 Å². The smallest absolute Gasteiger partial charge is 0.243 e. The summed E-state index contributed by atoms with van der Waals surface area (Å²) in [6.07, 6.45) is 0.639. The molecule has 0 bridgehead atoms. The zero-order valence-electron chi connectivity index (χ0n) is 19.5.